The van der Waals surface area contributed by atoms with Crippen LogP contribution in [0.2, 0.25) is 0 Å². The molecule has 0 saturated heterocycles. The summed E-state index contributed by atoms with van der Waals surface area (Å²) in [7, 11) is -0.154. The number of fused-ring (bicyclic) bond motifs is 1. The van der Waals surface area contributed by atoms with Gasteiger partial charge in [-0.2, -0.15) is 13.2 Å². The Morgan fingerprint density at radius 3 is 2.83 bits per heavy atom. The van der Waals surface area contributed by atoms with Gasteiger partial charge in [-0.1, -0.05) is 0 Å². The van der Waals surface area contributed by atoms with E-state index in [1.54, 1.807) is 0 Å². The van der Waals surface area contributed by atoms with Crippen LogP contribution >= 0.6 is 11.3 Å². The van der Waals surface area contributed by atoms with Crippen molar-refractivity contribution in [2.24, 2.45) is 4.99 Å². The lowest BCUT2D eigenvalue weighted by Gasteiger charge is -2.17. The third-order valence-corrected chi connectivity index (χ3v) is 7.05. The summed E-state index contributed by atoms with van der Waals surface area (Å²) in [6.07, 6.45) is -3.16. The van der Waals surface area contributed by atoms with Gasteiger partial charge < -0.3 is 26.2 Å². The number of nitrogen functional groups attached to an aromatic ring is 1. The third-order valence-electron chi connectivity index (χ3n) is 4.17. The average molecular weight is 464 g/mol. The molecule has 0 spiro atoms. The molecular weight excluding hydrogens is 443 g/mol. The molecule has 0 radical (unpaired) electrons. The summed E-state index contributed by atoms with van der Waals surface area (Å²) in [5, 5.41) is 14.3. The molecule has 1 aliphatic rings. The summed E-state index contributed by atoms with van der Waals surface area (Å²) in [5.41, 5.74) is 5.41. The number of aromatic nitrogens is 1. The fourth-order valence-electron chi connectivity index (χ4n) is 2.76. The van der Waals surface area contributed by atoms with Crippen LogP contribution in [0.25, 0.3) is 15.8 Å². The average Bonchev–Trinajstić information content (AvgIpc) is 3.06. The van der Waals surface area contributed by atoms with Crippen LogP contribution in [-0.2, 0) is 21.7 Å². The number of pyridine rings is 1. The number of hydrogen-bond donors (Lipinski definition) is 4. The van der Waals surface area contributed by atoms with Crippen LogP contribution in [0, 0.1) is 0 Å². The van der Waals surface area contributed by atoms with E-state index >= 15 is 0 Å². The standard InChI is InChI=1S/C17H20F3N5O3S2/c1-28-4-5-30(27)15-13(21)12-10(17(18,19)20)6-11(25-14(12)29-15)9-7-23-16(24-8-9)22-2-3-26/h6-7,26H,2-5,8,21H2,1H3,(H2,22,23,24). The zero-order valence-corrected chi connectivity index (χ0v) is 17.5. The van der Waals surface area contributed by atoms with Crippen molar-refractivity contribution in [1.29, 1.82) is 0 Å². The van der Waals surface area contributed by atoms with Gasteiger partial charge in [0.05, 0.1) is 53.3 Å². The molecule has 2 aromatic heterocycles. The molecule has 0 fully saturated rings. The summed E-state index contributed by atoms with van der Waals surface area (Å²) < 4.78 is 58.9. The van der Waals surface area contributed by atoms with Gasteiger partial charge in [-0.15, -0.1) is 11.3 Å². The maximum absolute atomic E-state index is 13.8. The number of thiophene rings is 1. The monoisotopic (exact) mass is 463 g/mol. The van der Waals surface area contributed by atoms with Crippen LogP contribution in [0.15, 0.2) is 21.5 Å². The second-order valence-corrected chi connectivity index (χ2v) is 8.97. The van der Waals surface area contributed by atoms with Crippen molar-refractivity contribution in [2.75, 3.05) is 44.9 Å². The zero-order valence-electron chi connectivity index (χ0n) is 15.9. The molecule has 5 N–H and O–H groups in total. The first-order chi connectivity index (χ1) is 14.3. The van der Waals surface area contributed by atoms with Crippen molar-refractivity contribution in [2.45, 2.75) is 10.4 Å². The van der Waals surface area contributed by atoms with Gasteiger partial charge in [0.25, 0.3) is 0 Å². The van der Waals surface area contributed by atoms with Gasteiger partial charge in [0.15, 0.2) is 5.96 Å². The number of methoxy groups -OCH3 is 1. The minimum Gasteiger partial charge on any atom is -0.396 e. The molecule has 2 aromatic rings. The Morgan fingerprint density at radius 1 is 1.47 bits per heavy atom. The summed E-state index contributed by atoms with van der Waals surface area (Å²) in [6, 6.07) is 0.933. The highest BCUT2D eigenvalue weighted by Crippen LogP contribution is 2.44. The van der Waals surface area contributed by atoms with Crippen molar-refractivity contribution >= 4 is 49.6 Å². The highest BCUT2D eigenvalue weighted by atomic mass is 32.2. The van der Waals surface area contributed by atoms with Crippen LogP contribution in [0.3, 0.4) is 0 Å². The number of nitrogens with one attached hydrogen (secondary N) is 2. The molecule has 3 rings (SSSR count). The number of guanidine groups is 1. The number of halogens is 3. The van der Waals surface area contributed by atoms with Crippen molar-refractivity contribution in [3.8, 4) is 0 Å². The number of aliphatic hydroxyl groups is 1. The second kappa shape index (κ2) is 9.29. The van der Waals surface area contributed by atoms with E-state index in [1.807, 2.05) is 0 Å². The Bertz CT molecular complexity index is 1020. The molecule has 0 bridgehead atoms. The van der Waals surface area contributed by atoms with E-state index in [2.05, 4.69) is 20.6 Å². The summed E-state index contributed by atoms with van der Waals surface area (Å²) in [5.74, 6) is 0.524. The van der Waals surface area contributed by atoms with Crippen LogP contribution < -0.4 is 16.4 Å². The summed E-state index contributed by atoms with van der Waals surface area (Å²) in [6.45, 7) is 0.492. The number of rotatable bonds is 7. The van der Waals surface area contributed by atoms with Gasteiger partial charge in [0.2, 0.25) is 0 Å². The fourth-order valence-corrected chi connectivity index (χ4v) is 5.32. The van der Waals surface area contributed by atoms with Crippen molar-refractivity contribution < 1.29 is 27.2 Å². The molecule has 164 valence electrons. The van der Waals surface area contributed by atoms with Gasteiger partial charge in [0.1, 0.15) is 9.04 Å². The van der Waals surface area contributed by atoms with Crippen LogP contribution in [0.1, 0.15) is 11.3 Å². The van der Waals surface area contributed by atoms with Gasteiger partial charge in [-0.25, -0.2) is 9.98 Å². The number of aliphatic imine (C=N–C) groups is 1. The van der Waals surface area contributed by atoms with E-state index in [-0.39, 0.29) is 57.9 Å². The number of nitrogens with two attached hydrogens (primary N) is 1. The fraction of sp³-hybridized carbons (Fsp3) is 0.412. The first kappa shape index (κ1) is 22.5. The van der Waals surface area contributed by atoms with Crippen LogP contribution in [0.5, 0.6) is 0 Å². The molecule has 1 atom stereocenters. The van der Waals surface area contributed by atoms with E-state index in [4.69, 9.17) is 15.6 Å². The number of alkyl halides is 3. The minimum absolute atomic E-state index is 0.0622. The Morgan fingerprint density at radius 2 is 2.23 bits per heavy atom. The predicted octanol–water partition coefficient (Wildman–Crippen LogP) is 1.53. The van der Waals surface area contributed by atoms with E-state index < -0.39 is 22.5 Å². The van der Waals surface area contributed by atoms with Crippen molar-refractivity contribution in [1.82, 2.24) is 15.6 Å². The normalized spacial score (nSPS) is 15.5. The first-order valence-corrected chi connectivity index (χ1v) is 10.9. The molecule has 1 unspecified atom stereocenters. The van der Waals surface area contributed by atoms with E-state index in [9.17, 15) is 17.4 Å². The van der Waals surface area contributed by atoms with Crippen LogP contribution in [-0.4, -0.2) is 59.4 Å². The van der Waals surface area contributed by atoms with Crippen LogP contribution in [0.4, 0.5) is 18.9 Å². The minimum atomic E-state index is -4.67. The topological polar surface area (TPSA) is 122 Å². The van der Waals surface area contributed by atoms with Gasteiger partial charge >= 0.3 is 6.18 Å². The highest BCUT2D eigenvalue weighted by Gasteiger charge is 2.36. The van der Waals surface area contributed by atoms with E-state index in [1.165, 1.54) is 13.3 Å². The predicted molar refractivity (Wildman–Crippen MR) is 111 cm³/mol. The maximum Gasteiger partial charge on any atom is 0.417 e. The Balaban J connectivity index is 2.02. The maximum atomic E-state index is 13.8. The Labute approximate surface area is 176 Å². The number of anilines is 1. The molecule has 0 aliphatic carbocycles. The van der Waals surface area contributed by atoms with Gasteiger partial charge in [-0.05, 0) is 6.07 Å². The lowest BCUT2D eigenvalue weighted by atomic mass is 10.1. The SMILES string of the molecule is COCCS(=O)c1sc2nc(C3=CNC(NCCO)=NC3)cc(C(F)(F)F)c2c1N. The third kappa shape index (κ3) is 4.74. The molecule has 8 nitrogen and oxygen atoms in total. The van der Waals surface area contributed by atoms with Gasteiger partial charge in [-0.3, -0.25) is 4.21 Å². The molecular formula is C17H20F3N5O3S2. The van der Waals surface area contributed by atoms with E-state index in [0.717, 1.165) is 17.4 Å². The first-order valence-electron chi connectivity index (χ1n) is 8.79. The molecule has 0 saturated carbocycles. The Kier molecular flexibility index (Phi) is 6.95. The molecule has 30 heavy (non-hydrogen) atoms. The lowest BCUT2D eigenvalue weighted by Crippen LogP contribution is -2.38. The highest BCUT2D eigenvalue weighted by molar-refractivity contribution is 7.87. The largest absolute Gasteiger partial charge is 0.417 e. The molecule has 1 aliphatic heterocycles. The van der Waals surface area contributed by atoms with E-state index in [0.29, 0.717) is 11.5 Å². The zero-order chi connectivity index (χ0) is 21.9. The molecule has 0 aromatic carbocycles. The number of ether oxygens (including phenoxy) is 1. The number of aliphatic hydroxyl groups excluding tert-OH is 1. The van der Waals surface area contributed by atoms with Crippen molar-refractivity contribution in [3.05, 3.63) is 23.5 Å². The summed E-state index contributed by atoms with van der Waals surface area (Å²) in [4.78, 5) is 8.59. The second-order valence-electron chi connectivity index (χ2n) is 6.21. The lowest BCUT2D eigenvalue weighted by molar-refractivity contribution is -0.136. The van der Waals surface area contributed by atoms with Crippen molar-refractivity contribution in [3.63, 3.8) is 0 Å². The smallest absolute Gasteiger partial charge is 0.396 e. The number of nitrogens with zero attached hydrogens (tertiary/aromatic N) is 2. The Hall–Kier alpha value is -2.22. The van der Waals surface area contributed by atoms with Gasteiger partial charge in [0, 0.05) is 30.8 Å². The number of hydrogen-bond acceptors (Lipinski definition) is 9. The summed E-state index contributed by atoms with van der Waals surface area (Å²) >= 11 is 0.887. The quantitative estimate of drug-likeness (QED) is 0.491. The molecule has 0 amide bonds. The molecule has 13 heteroatoms. The molecule has 3 heterocycles.